The summed E-state index contributed by atoms with van der Waals surface area (Å²) in [6, 6.07) is 6.33. The molecule has 1 heterocycles. The molecule has 1 aliphatic carbocycles. The summed E-state index contributed by atoms with van der Waals surface area (Å²) in [5, 5.41) is 7.11. The summed E-state index contributed by atoms with van der Waals surface area (Å²) in [5.74, 6) is 0.0839. The summed E-state index contributed by atoms with van der Waals surface area (Å²) in [6.07, 6.45) is 6.72. The van der Waals surface area contributed by atoms with Crippen molar-refractivity contribution < 1.29 is 4.79 Å². The predicted octanol–water partition coefficient (Wildman–Crippen LogP) is 2.67. The summed E-state index contributed by atoms with van der Waals surface area (Å²) in [4.78, 5) is 12.3. The molecule has 1 fully saturated rings. The molecule has 1 saturated carbocycles. The van der Waals surface area contributed by atoms with E-state index >= 15 is 0 Å². The number of hydrogen-bond donors (Lipinski definition) is 2. The number of thioether (sulfide) groups is 1. The molecule has 0 aromatic heterocycles. The average molecular weight is 276 g/mol. The van der Waals surface area contributed by atoms with Gasteiger partial charge in [0.2, 0.25) is 0 Å². The van der Waals surface area contributed by atoms with Gasteiger partial charge in [-0.15, -0.1) is 0 Å². The number of rotatable bonds is 3. The van der Waals surface area contributed by atoms with Gasteiger partial charge in [-0.3, -0.25) is 4.79 Å². The maximum Gasteiger partial charge on any atom is 0.251 e. The van der Waals surface area contributed by atoms with E-state index in [0.29, 0.717) is 11.3 Å². The Morgan fingerprint density at radius 1 is 1.42 bits per heavy atom. The van der Waals surface area contributed by atoms with E-state index in [9.17, 15) is 4.79 Å². The Morgan fingerprint density at radius 3 is 3.16 bits per heavy atom. The van der Waals surface area contributed by atoms with E-state index < -0.39 is 0 Å². The van der Waals surface area contributed by atoms with Gasteiger partial charge < -0.3 is 10.6 Å². The highest BCUT2D eigenvalue weighted by molar-refractivity contribution is 7.99. The number of hydrogen-bond acceptors (Lipinski definition) is 3. The Labute approximate surface area is 118 Å². The number of fused-ring (bicyclic) bond motifs is 1. The first-order valence-electron chi connectivity index (χ1n) is 6.98. The molecule has 1 aliphatic heterocycles. The van der Waals surface area contributed by atoms with Crippen LogP contribution in [0.5, 0.6) is 0 Å². The molecule has 0 radical (unpaired) electrons. The van der Waals surface area contributed by atoms with Crippen LogP contribution in [0, 0.1) is 0 Å². The molecular weight excluding hydrogens is 256 g/mol. The predicted molar refractivity (Wildman–Crippen MR) is 81.0 cm³/mol. The second-order valence-corrected chi connectivity index (χ2v) is 6.41. The van der Waals surface area contributed by atoms with Crippen LogP contribution in [0.2, 0.25) is 0 Å². The first-order valence-corrected chi connectivity index (χ1v) is 8.27. The molecule has 19 heavy (non-hydrogen) atoms. The molecule has 2 atom stereocenters. The standard InChI is InChI=1S/C15H20N2OS/c1-19-14-4-2-3-13(14)17-15(18)11-5-6-12-10(9-11)7-8-16-12/h5-6,9,13-14,16H,2-4,7-8H2,1H3,(H,17,18). The zero-order valence-corrected chi connectivity index (χ0v) is 12.1. The van der Waals surface area contributed by atoms with Crippen molar-refractivity contribution in [3.05, 3.63) is 29.3 Å². The van der Waals surface area contributed by atoms with E-state index in [2.05, 4.69) is 16.9 Å². The summed E-state index contributed by atoms with van der Waals surface area (Å²) < 4.78 is 0. The van der Waals surface area contributed by atoms with Crippen LogP contribution >= 0.6 is 11.8 Å². The van der Waals surface area contributed by atoms with Crippen LogP contribution in [0.4, 0.5) is 5.69 Å². The Balaban J connectivity index is 1.70. The first-order chi connectivity index (χ1) is 9.28. The van der Waals surface area contributed by atoms with Crippen LogP contribution in [-0.4, -0.2) is 30.0 Å². The van der Waals surface area contributed by atoms with Gasteiger partial charge in [0.05, 0.1) is 0 Å². The van der Waals surface area contributed by atoms with Gasteiger partial charge >= 0.3 is 0 Å². The Kier molecular flexibility index (Phi) is 3.69. The molecule has 0 spiro atoms. The maximum atomic E-state index is 12.3. The molecule has 1 aromatic carbocycles. The van der Waals surface area contributed by atoms with Crippen LogP contribution in [-0.2, 0) is 6.42 Å². The highest BCUT2D eigenvalue weighted by Gasteiger charge is 2.28. The third-order valence-electron chi connectivity index (χ3n) is 4.15. The molecule has 1 amide bonds. The lowest BCUT2D eigenvalue weighted by atomic mass is 10.1. The Hall–Kier alpha value is -1.16. The zero-order chi connectivity index (χ0) is 13.2. The van der Waals surface area contributed by atoms with E-state index in [-0.39, 0.29) is 5.91 Å². The van der Waals surface area contributed by atoms with E-state index in [1.165, 1.54) is 24.1 Å². The third-order valence-corrected chi connectivity index (χ3v) is 5.32. The SMILES string of the molecule is CSC1CCCC1NC(=O)c1ccc2c(c1)CCN2. The van der Waals surface area contributed by atoms with Gasteiger partial charge in [-0.25, -0.2) is 0 Å². The monoisotopic (exact) mass is 276 g/mol. The van der Waals surface area contributed by atoms with E-state index in [0.717, 1.165) is 24.9 Å². The Morgan fingerprint density at radius 2 is 2.32 bits per heavy atom. The van der Waals surface area contributed by atoms with Crippen LogP contribution in [0.1, 0.15) is 35.2 Å². The van der Waals surface area contributed by atoms with Crippen molar-refractivity contribution >= 4 is 23.4 Å². The van der Waals surface area contributed by atoms with Crippen LogP contribution in [0.3, 0.4) is 0 Å². The molecule has 2 unspecified atom stereocenters. The normalized spacial score (nSPS) is 24.9. The minimum absolute atomic E-state index is 0.0839. The van der Waals surface area contributed by atoms with Gasteiger partial charge in [-0.1, -0.05) is 6.42 Å². The topological polar surface area (TPSA) is 41.1 Å². The van der Waals surface area contributed by atoms with E-state index in [1.807, 2.05) is 30.0 Å². The minimum atomic E-state index is 0.0839. The van der Waals surface area contributed by atoms with Crippen molar-refractivity contribution in [2.24, 2.45) is 0 Å². The number of carbonyl (C=O) groups excluding carboxylic acids is 1. The maximum absolute atomic E-state index is 12.3. The number of nitrogens with one attached hydrogen (secondary N) is 2. The summed E-state index contributed by atoms with van der Waals surface area (Å²) in [5.41, 5.74) is 3.24. The summed E-state index contributed by atoms with van der Waals surface area (Å²) in [7, 11) is 0. The first kappa shape index (κ1) is 12.9. The van der Waals surface area contributed by atoms with Gasteiger partial charge in [-0.05, 0) is 49.3 Å². The quantitative estimate of drug-likeness (QED) is 0.892. The second-order valence-electron chi connectivity index (χ2n) is 5.33. The van der Waals surface area contributed by atoms with Gasteiger partial charge in [-0.2, -0.15) is 11.8 Å². The molecule has 2 aliphatic rings. The fraction of sp³-hybridized carbons (Fsp3) is 0.533. The summed E-state index contributed by atoms with van der Waals surface area (Å²) >= 11 is 1.87. The zero-order valence-electron chi connectivity index (χ0n) is 11.2. The van der Waals surface area contributed by atoms with Crippen molar-refractivity contribution in [3.8, 4) is 0 Å². The smallest absolute Gasteiger partial charge is 0.251 e. The largest absolute Gasteiger partial charge is 0.384 e. The third kappa shape index (κ3) is 2.59. The van der Waals surface area contributed by atoms with E-state index in [4.69, 9.17) is 0 Å². The van der Waals surface area contributed by atoms with E-state index in [1.54, 1.807) is 0 Å². The molecule has 2 N–H and O–H groups in total. The molecule has 0 bridgehead atoms. The Bertz CT molecular complexity index is 489. The van der Waals surface area contributed by atoms with Crippen molar-refractivity contribution in [3.63, 3.8) is 0 Å². The van der Waals surface area contributed by atoms with Crippen molar-refractivity contribution in [1.82, 2.24) is 5.32 Å². The fourth-order valence-corrected chi connectivity index (χ4v) is 4.01. The molecule has 0 saturated heterocycles. The number of benzene rings is 1. The van der Waals surface area contributed by atoms with Gasteiger partial charge in [0.15, 0.2) is 0 Å². The van der Waals surface area contributed by atoms with Crippen LogP contribution in [0.15, 0.2) is 18.2 Å². The fourth-order valence-electron chi connectivity index (χ4n) is 3.07. The summed E-state index contributed by atoms with van der Waals surface area (Å²) in [6.45, 7) is 0.984. The van der Waals surface area contributed by atoms with Gasteiger partial charge in [0.25, 0.3) is 5.91 Å². The number of carbonyl (C=O) groups is 1. The molecule has 1 aromatic rings. The van der Waals surface area contributed by atoms with Crippen molar-refractivity contribution in [2.45, 2.75) is 37.0 Å². The lowest BCUT2D eigenvalue weighted by molar-refractivity contribution is 0.0938. The van der Waals surface area contributed by atoms with Crippen molar-refractivity contribution in [1.29, 1.82) is 0 Å². The highest BCUT2D eigenvalue weighted by atomic mass is 32.2. The minimum Gasteiger partial charge on any atom is -0.384 e. The van der Waals surface area contributed by atoms with Gasteiger partial charge in [0.1, 0.15) is 0 Å². The van der Waals surface area contributed by atoms with Crippen LogP contribution < -0.4 is 10.6 Å². The lowest BCUT2D eigenvalue weighted by Crippen LogP contribution is -2.38. The number of amides is 1. The molecule has 3 rings (SSSR count). The molecule has 3 nitrogen and oxygen atoms in total. The molecule has 102 valence electrons. The van der Waals surface area contributed by atoms with Crippen molar-refractivity contribution in [2.75, 3.05) is 18.1 Å². The lowest BCUT2D eigenvalue weighted by Gasteiger charge is -2.19. The average Bonchev–Trinajstić information content (AvgIpc) is 3.05. The van der Waals surface area contributed by atoms with Gasteiger partial charge in [0, 0.05) is 29.1 Å². The second kappa shape index (κ2) is 5.45. The number of anilines is 1. The highest BCUT2D eigenvalue weighted by Crippen LogP contribution is 2.29. The molecular formula is C15H20N2OS. The molecule has 4 heteroatoms. The van der Waals surface area contributed by atoms with Crippen LogP contribution in [0.25, 0.3) is 0 Å².